The molecule has 0 spiro atoms. The van der Waals surface area contributed by atoms with Gasteiger partial charge in [0.05, 0.1) is 15.7 Å². The number of hydrogen-bond donors (Lipinski definition) is 2. The van der Waals surface area contributed by atoms with E-state index in [2.05, 4.69) is 10.5 Å². The van der Waals surface area contributed by atoms with Gasteiger partial charge in [0.2, 0.25) is 10.7 Å². The molecule has 0 saturated heterocycles. The number of nitrogen functional groups attached to an aromatic ring is 1. The molecule has 26 heavy (non-hydrogen) atoms. The normalized spacial score (nSPS) is 10.7. The van der Waals surface area contributed by atoms with E-state index in [-0.39, 0.29) is 28.1 Å². The van der Waals surface area contributed by atoms with Gasteiger partial charge in [0.25, 0.3) is 0 Å². The summed E-state index contributed by atoms with van der Waals surface area (Å²) in [6.45, 7) is 1.87. The Morgan fingerprint density at radius 2 is 2.00 bits per heavy atom. The Hall–Kier alpha value is -2.35. The minimum absolute atomic E-state index is 0.106. The van der Waals surface area contributed by atoms with Gasteiger partial charge >= 0.3 is 0 Å². The molecule has 0 aliphatic heterocycles. The maximum atomic E-state index is 12.5. The average molecular weight is 408 g/mol. The summed E-state index contributed by atoms with van der Waals surface area (Å²) >= 11 is 17.4. The summed E-state index contributed by atoms with van der Waals surface area (Å²) < 4.78 is 3.04. The van der Waals surface area contributed by atoms with Crippen LogP contribution in [-0.2, 0) is 6.54 Å². The molecule has 134 valence electrons. The fourth-order valence-corrected chi connectivity index (χ4v) is 3.07. The van der Waals surface area contributed by atoms with Crippen molar-refractivity contribution in [3.63, 3.8) is 0 Å². The van der Waals surface area contributed by atoms with Gasteiger partial charge in [-0.15, -0.1) is 5.10 Å². The molecule has 0 bridgehead atoms. The lowest BCUT2D eigenvalue weighted by molar-refractivity contribution is 0.0967. The number of rotatable bonds is 5. The second-order valence-corrected chi connectivity index (χ2v) is 6.79. The number of hydrogen-bond acceptors (Lipinski definition) is 5. The van der Waals surface area contributed by atoms with E-state index < -0.39 is 0 Å². The molecule has 6 nitrogen and oxygen atoms in total. The van der Waals surface area contributed by atoms with E-state index in [0.717, 1.165) is 11.3 Å². The zero-order valence-corrected chi connectivity index (χ0v) is 16.1. The molecule has 0 atom stereocenters. The Balaban J connectivity index is 1.87. The molecule has 2 aromatic carbocycles. The second kappa shape index (κ2) is 7.49. The SMILES string of the molecule is Cc1cccc(Nn2c(N)nn(CC(=O)c3cccc(Cl)c3Cl)c2=S)c1. The molecule has 0 unspecified atom stereocenters. The maximum Gasteiger partial charge on any atom is 0.240 e. The number of benzene rings is 2. The first kappa shape index (κ1) is 18.4. The minimum Gasteiger partial charge on any atom is -0.366 e. The number of halogens is 2. The van der Waals surface area contributed by atoms with Gasteiger partial charge in [-0.05, 0) is 49.0 Å². The summed E-state index contributed by atoms with van der Waals surface area (Å²) in [6, 6.07) is 12.6. The number of aryl methyl sites for hydroxylation is 1. The average Bonchev–Trinajstić information content (AvgIpc) is 2.85. The van der Waals surface area contributed by atoms with Gasteiger partial charge in [0.1, 0.15) is 6.54 Å². The fraction of sp³-hybridized carbons (Fsp3) is 0.118. The highest BCUT2D eigenvalue weighted by atomic mass is 35.5. The van der Waals surface area contributed by atoms with E-state index in [1.807, 2.05) is 31.2 Å². The van der Waals surface area contributed by atoms with E-state index in [1.165, 1.54) is 9.36 Å². The van der Waals surface area contributed by atoms with Crippen LogP contribution in [0, 0.1) is 11.7 Å². The zero-order chi connectivity index (χ0) is 18.8. The van der Waals surface area contributed by atoms with Crippen LogP contribution in [0.3, 0.4) is 0 Å². The van der Waals surface area contributed by atoms with E-state index in [9.17, 15) is 4.79 Å². The summed E-state index contributed by atoms with van der Waals surface area (Å²) in [6.07, 6.45) is 0. The molecule has 3 N–H and O–H groups in total. The molecule has 1 heterocycles. The van der Waals surface area contributed by atoms with Crippen molar-refractivity contribution >= 4 is 52.8 Å². The van der Waals surface area contributed by atoms with Gasteiger partial charge in [-0.2, -0.15) is 4.68 Å². The summed E-state index contributed by atoms with van der Waals surface area (Å²) in [7, 11) is 0. The predicted molar refractivity (Wildman–Crippen MR) is 106 cm³/mol. The van der Waals surface area contributed by atoms with Crippen LogP contribution in [0.2, 0.25) is 10.0 Å². The molecular formula is C17H15Cl2N5OS. The van der Waals surface area contributed by atoms with Crippen LogP contribution in [0.5, 0.6) is 0 Å². The molecule has 1 aromatic heterocycles. The quantitative estimate of drug-likeness (QED) is 0.484. The summed E-state index contributed by atoms with van der Waals surface area (Å²) in [5, 5.41) is 4.66. The van der Waals surface area contributed by atoms with E-state index in [4.69, 9.17) is 41.2 Å². The maximum absolute atomic E-state index is 12.5. The molecular weight excluding hydrogens is 393 g/mol. The first-order chi connectivity index (χ1) is 12.4. The first-order valence-corrected chi connectivity index (χ1v) is 8.79. The number of Topliss-reactive ketones (excluding diaryl/α,β-unsaturated/α-hetero) is 1. The first-order valence-electron chi connectivity index (χ1n) is 7.63. The molecule has 3 rings (SSSR count). The highest BCUT2D eigenvalue weighted by Crippen LogP contribution is 2.26. The Bertz CT molecular complexity index is 1040. The third kappa shape index (κ3) is 3.75. The molecule has 0 fully saturated rings. The van der Waals surface area contributed by atoms with Gasteiger partial charge in [-0.1, -0.05) is 41.4 Å². The smallest absolute Gasteiger partial charge is 0.240 e. The van der Waals surface area contributed by atoms with E-state index in [1.54, 1.807) is 18.2 Å². The van der Waals surface area contributed by atoms with Crippen molar-refractivity contribution < 1.29 is 4.79 Å². The second-order valence-electron chi connectivity index (χ2n) is 5.64. The molecule has 0 amide bonds. The van der Waals surface area contributed by atoms with Gasteiger partial charge < -0.3 is 5.73 Å². The topological polar surface area (TPSA) is 77.9 Å². The van der Waals surface area contributed by atoms with Gasteiger partial charge in [0, 0.05) is 5.56 Å². The van der Waals surface area contributed by atoms with Gasteiger partial charge in [-0.3, -0.25) is 10.2 Å². The fourth-order valence-electron chi connectivity index (χ4n) is 2.42. The minimum atomic E-state index is -0.270. The highest BCUT2D eigenvalue weighted by molar-refractivity contribution is 7.71. The van der Waals surface area contributed by atoms with E-state index >= 15 is 0 Å². The summed E-state index contributed by atoms with van der Waals surface area (Å²) in [5.41, 5.74) is 11.2. The molecule has 0 aliphatic carbocycles. The Morgan fingerprint density at radius 3 is 2.73 bits per heavy atom. The van der Waals surface area contributed by atoms with Crippen LogP contribution in [0.15, 0.2) is 42.5 Å². The monoisotopic (exact) mass is 407 g/mol. The van der Waals surface area contributed by atoms with Gasteiger partial charge in [0.15, 0.2) is 5.78 Å². The van der Waals surface area contributed by atoms with E-state index in [0.29, 0.717) is 10.6 Å². The van der Waals surface area contributed by atoms with Crippen molar-refractivity contribution in [1.29, 1.82) is 0 Å². The molecule has 9 heteroatoms. The van der Waals surface area contributed by atoms with Crippen molar-refractivity contribution in [2.45, 2.75) is 13.5 Å². The van der Waals surface area contributed by atoms with Crippen LogP contribution in [-0.4, -0.2) is 20.2 Å². The predicted octanol–water partition coefficient (Wildman–Crippen LogP) is 4.37. The van der Waals surface area contributed by atoms with Crippen molar-refractivity contribution in [2.75, 3.05) is 11.2 Å². The molecule has 0 saturated carbocycles. The van der Waals surface area contributed by atoms with Gasteiger partial charge in [-0.25, -0.2) is 4.68 Å². The Morgan fingerprint density at radius 1 is 1.27 bits per heavy atom. The number of aromatic nitrogens is 3. The lowest BCUT2D eigenvalue weighted by Gasteiger charge is -2.08. The Labute approximate surface area is 165 Å². The Kier molecular flexibility index (Phi) is 5.31. The lowest BCUT2D eigenvalue weighted by Crippen LogP contribution is -2.15. The van der Waals surface area contributed by atoms with Crippen molar-refractivity contribution in [1.82, 2.24) is 14.5 Å². The van der Waals surface area contributed by atoms with Crippen molar-refractivity contribution in [3.05, 3.63) is 68.4 Å². The highest BCUT2D eigenvalue weighted by Gasteiger charge is 2.16. The number of nitrogens with two attached hydrogens (primary N) is 1. The standard InChI is InChI=1S/C17H15Cl2N5OS/c1-10-4-2-5-11(8-10)21-24-16(20)22-23(17(24)26)9-14(25)12-6-3-7-13(18)15(12)19/h2-8,21H,9H2,1H3,(H2,20,22). The number of carbonyl (C=O) groups is 1. The zero-order valence-electron chi connectivity index (χ0n) is 13.7. The van der Waals surface area contributed by atoms with Crippen molar-refractivity contribution in [3.8, 4) is 0 Å². The number of nitrogens with zero attached hydrogens (tertiary/aromatic N) is 3. The molecule has 3 aromatic rings. The van der Waals surface area contributed by atoms with Crippen LogP contribution in [0.25, 0.3) is 0 Å². The lowest BCUT2D eigenvalue weighted by atomic mass is 10.1. The summed E-state index contributed by atoms with van der Waals surface area (Å²) in [5.74, 6) is -0.129. The number of ketones is 1. The van der Waals surface area contributed by atoms with Crippen LogP contribution in [0.1, 0.15) is 15.9 Å². The van der Waals surface area contributed by atoms with Crippen molar-refractivity contribution in [2.24, 2.45) is 0 Å². The molecule has 0 radical (unpaired) electrons. The number of nitrogens with one attached hydrogen (secondary N) is 1. The number of carbonyl (C=O) groups excluding carboxylic acids is 1. The van der Waals surface area contributed by atoms with Crippen LogP contribution >= 0.6 is 35.4 Å². The largest absolute Gasteiger partial charge is 0.366 e. The third-order valence-electron chi connectivity index (χ3n) is 3.67. The molecule has 0 aliphatic rings. The van der Waals surface area contributed by atoms with Crippen LogP contribution in [0.4, 0.5) is 11.6 Å². The third-order valence-corrected chi connectivity index (χ3v) is 4.88. The summed E-state index contributed by atoms with van der Waals surface area (Å²) in [4.78, 5) is 12.5. The van der Waals surface area contributed by atoms with Crippen LogP contribution < -0.4 is 11.2 Å². The number of anilines is 2.